The second kappa shape index (κ2) is 4.47. The van der Waals surface area contributed by atoms with Crippen LogP contribution < -0.4 is 9.47 Å². The number of benzene rings is 1. The van der Waals surface area contributed by atoms with Gasteiger partial charge in [0.15, 0.2) is 11.5 Å². The molecule has 0 saturated heterocycles. The molecule has 0 aromatic heterocycles. The first-order chi connectivity index (χ1) is 8.72. The molecule has 1 spiro atoms. The first-order valence-corrected chi connectivity index (χ1v) is 6.72. The summed E-state index contributed by atoms with van der Waals surface area (Å²) in [7, 11) is 0. The fourth-order valence-corrected chi connectivity index (χ4v) is 2.44. The predicted molar refractivity (Wildman–Crippen MR) is 69.2 cm³/mol. The summed E-state index contributed by atoms with van der Waals surface area (Å²) in [6, 6.07) is 4.16. The molecule has 0 radical (unpaired) electrons. The average molecular weight is 248 g/mol. The van der Waals surface area contributed by atoms with Gasteiger partial charge >= 0.3 is 0 Å². The Balaban J connectivity index is 1.83. The molecule has 0 bridgehead atoms. The highest BCUT2D eigenvalue weighted by Crippen LogP contribution is 2.49. The van der Waals surface area contributed by atoms with Gasteiger partial charge in [-0.3, -0.25) is 0 Å². The number of aliphatic hydroxyl groups excluding tert-OH is 1. The van der Waals surface area contributed by atoms with Crippen LogP contribution in [0.5, 0.6) is 11.5 Å². The van der Waals surface area contributed by atoms with Crippen LogP contribution in [0.3, 0.4) is 0 Å². The fourth-order valence-electron chi connectivity index (χ4n) is 2.44. The predicted octanol–water partition coefficient (Wildman–Crippen LogP) is 2.47. The molecule has 2 aliphatic rings. The zero-order chi connectivity index (χ0) is 12.6. The summed E-state index contributed by atoms with van der Waals surface area (Å²) < 4.78 is 11.8. The molecule has 1 aromatic rings. The van der Waals surface area contributed by atoms with Crippen molar-refractivity contribution in [3.05, 3.63) is 23.3 Å². The summed E-state index contributed by atoms with van der Waals surface area (Å²) >= 11 is 0. The van der Waals surface area contributed by atoms with Gasteiger partial charge in [0.2, 0.25) is 0 Å². The van der Waals surface area contributed by atoms with E-state index in [0.717, 1.165) is 37.6 Å². The number of ether oxygens (including phenoxy) is 2. The molecule has 1 fully saturated rings. The smallest absolute Gasteiger partial charge is 0.161 e. The third kappa shape index (κ3) is 2.19. The Labute approximate surface area is 108 Å². The molecule has 3 rings (SSSR count). The molecule has 1 aromatic carbocycles. The van der Waals surface area contributed by atoms with Crippen LogP contribution in [-0.2, 0) is 6.42 Å². The Kier molecular flexibility index (Phi) is 2.94. The number of rotatable bonds is 3. The molecular formula is C15H20O3. The van der Waals surface area contributed by atoms with Gasteiger partial charge in [0.1, 0.15) is 0 Å². The molecule has 1 N–H and O–H groups in total. The van der Waals surface area contributed by atoms with Crippen LogP contribution in [0.15, 0.2) is 12.1 Å². The molecule has 3 nitrogen and oxygen atoms in total. The van der Waals surface area contributed by atoms with E-state index in [1.807, 2.05) is 0 Å². The normalized spacial score (nSPS) is 19.7. The molecule has 0 amide bonds. The lowest BCUT2D eigenvalue weighted by molar-refractivity contribution is 0.197. The molecule has 98 valence electrons. The lowest BCUT2D eigenvalue weighted by Gasteiger charge is -2.12. The van der Waals surface area contributed by atoms with Gasteiger partial charge in [0.25, 0.3) is 0 Å². The van der Waals surface area contributed by atoms with Crippen LogP contribution in [0.4, 0.5) is 0 Å². The van der Waals surface area contributed by atoms with Crippen LogP contribution in [0.1, 0.15) is 30.4 Å². The van der Waals surface area contributed by atoms with Gasteiger partial charge in [-0.15, -0.1) is 0 Å². The Hall–Kier alpha value is -1.22. The SMILES string of the molecule is Cc1cc2c(cc1CCCO)OCC1(CC1)CO2. The van der Waals surface area contributed by atoms with Crippen molar-refractivity contribution in [1.29, 1.82) is 0 Å². The zero-order valence-corrected chi connectivity index (χ0v) is 10.9. The van der Waals surface area contributed by atoms with Crippen molar-refractivity contribution in [2.75, 3.05) is 19.8 Å². The van der Waals surface area contributed by atoms with Gasteiger partial charge in [-0.25, -0.2) is 0 Å². The van der Waals surface area contributed by atoms with Gasteiger partial charge in [0.05, 0.1) is 13.2 Å². The van der Waals surface area contributed by atoms with E-state index in [1.54, 1.807) is 0 Å². The van der Waals surface area contributed by atoms with E-state index in [0.29, 0.717) is 0 Å². The molecule has 0 unspecified atom stereocenters. The van der Waals surface area contributed by atoms with Gasteiger partial charge in [-0.2, -0.15) is 0 Å². The first-order valence-electron chi connectivity index (χ1n) is 6.72. The monoisotopic (exact) mass is 248 g/mol. The summed E-state index contributed by atoms with van der Waals surface area (Å²) in [5, 5.41) is 8.92. The Morgan fingerprint density at radius 3 is 2.44 bits per heavy atom. The second-order valence-corrected chi connectivity index (χ2v) is 5.63. The molecule has 18 heavy (non-hydrogen) atoms. The Morgan fingerprint density at radius 2 is 1.83 bits per heavy atom. The summed E-state index contributed by atoms with van der Waals surface area (Å²) in [6.07, 6.45) is 4.13. The minimum atomic E-state index is 0.233. The molecule has 1 heterocycles. The zero-order valence-electron chi connectivity index (χ0n) is 10.9. The standard InChI is InChI=1S/C15H20O3/c1-11-7-13-14(8-12(11)3-2-6-16)18-10-15(4-5-15)9-17-13/h7-8,16H,2-6,9-10H2,1H3. The summed E-state index contributed by atoms with van der Waals surface area (Å²) in [5.74, 6) is 1.75. The third-order valence-electron chi connectivity index (χ3n) is 4.03. The summed E-state index contributed by atoms with van der Waals surface area (Å²) in [4.78, 5) is 0. The molecule has 1 aliphatic heterocycles. The van der Waals surface area contributed by atoms with Crippen molar-refractivity contribution in [3.8, 4) is 11.5 Å². The molecule has 0 atom stereocenters. The molecule has 1 aliphatic carbocycles. The fraction of sp³-hybridized carbons (Fsp3) is 0.600. The maximum Gasteiger partial charge on any atom is 0.161 e. The number of hydrogen-bond acceptors (Lipinski definition) is 3. The second-order valence-electron chi connectivity index (χ2n) is 5.63. The number of aryl methyl sites for hydroxylation is 2. The maximum absolute atomic E-state index is 8.92. The van der Waals surface area contributed by atoms with Crippen molar-refractivity contribution in [2.24, 2.45) is 5.41 Å². The van der Waals surface area contributed by atoms with Crippen LogP contribution in [0.25, 0.3) is 0 Å². The topological polar surface area (TPSA) is 38.7 Å². The number of hydrogen-bond donors (Lipinski definition) is 1. The van der Waals surface area contributed by atoms with E-state index in [9.17, 15) is 0 Å². The number of aliphatic hydroxyl groups is 1. The highest BCUT2D eigenvalue weighted by Gasteiger charge is 2.46. The summed E-state index contributed by atoms with van der Waals surface area (Å²) in [5.41, 5.74) is 2.76. The molecular weight excluding hydrogens is 228 g/mol. The largest absolute Gasteiger partial charge is 0.489 e. The summed E-state index contributed by atoms with van der Waals surface area (Å²) in [6.45, 7) is 3.89. The van der Waals surface area contributed by atoms with E-state index in [2.05, 4.69) is 19.1 Å². The first kappa shape index (κ1) is 11.8. The lowest BCUT2D eigenvalue weighted by atomic mass is 10.0. The van der Waals surface area contributed by atoms with Gasteiger partial charge < -0.3 is 14.6 Å². The Bertz CT molecular complexity index is 449. The third-order valence-corrected chi connectivity index (χ3v) is 4.03. The van der Waals surface area contributed by atoms with E-state index in [-0.39, 0.29) is 12.0 Å². The van der Waals surface area contributed by atoms with Gasteiger partial charge in [-0.05, 0) is 55.9 Å². The highest BCUT2D eigenvalue weighted by atomic mass is 16.5. The lowest BCUT2D eigenvalue weighted by Crippen LogP contribution is -2.17. The minimum Gasteiger partial charge on any atom is -0.489 e. The highest BCUT2D eigenvalue weighted by molar-refractivity contribution is 5.47. The van der Waals surface area contributed by atoms with Crippen LogP contribution in [0, 0.1) is 12.3 Å². The molecule has 1 saturated carbocycles. The van der Waals surface area contributed by atoms with Crippen LogP contribution in [-0.4, -0.2) is 24.9 Å². The van der Waals surface area contributed by atoms with Crippen molar-refractivity contribution >= 4 is 0 Å². The average Bonchev–Trinajstić information content (AvgIpc) is 3.16. The van der Waals surface area contributed by atoms with E-state index < -0.39 is 0 Å². The molecule has 3 heteroatoms. The quantitative estimate of drug-likeness (QED) is 0.893. The van der Waals surface area contributed by atoms with Crippen LogP contribution >= 0.6 is 0 Å². The van der Waals surface area contributed by atoms with E-state index in [1.165, 1.54) is 24.0 Å². The number of fused-ring (bicyclic) bond motifs is 1. The van der Waals surface area contributed by atoms with Crippen molar-refractivity contribution < 1.29 is 14.6 Å². The maximum atomic E-state index is 8.92. The van der Waals surface area contributed by atoms with E-state index >= 15 is 0 Å². The van der Waals surface area contributed by atoms with Gasteiger partial charge in [0, 0.05) is 12.0 Å². The Morgan fingerprint density at radius 1 is 1.17 bits per heavy atom. The van der Waals surface area contributed by atoms with Crippen molar-refractivity contribution in [1.82, 2.24) is 0 Å². The van der Waals surface area contributed by atoms with E-state index in [4.69, 9.17) is 14.6 Å². The van der Waals surface area contributed by atoms with Crippen molar-refractivity contribution in [2.45, 2.75) is 32.6 Å². The van der Waals surface area contributed by atoms with Gasteiger partial charge in [-0.1, -0.05) is 0 Å². The van der Waals surface area contributed by atoms with Crippen molar-refractivity contribution in [3.63, 3.8) is 0 Å². The minimum absolute atomic E-state index is 0.233. The van der Waals surface area contributed by atoms with Crippen LogP contribution in [0.2, 0.25) is 0 Å².